The molecule has 4 nitrogen and oxygen atoms in total. The van der Waals surface area contributed by atoms with Crippen molar-refractivity contribution in [2.75, 3.05) is 26.2 Å². The van der Waals surface area contributed by atoms with Crippen LogP contribution in [0.2, 0.25) is 0 Å². The Balaban J connectivity index is 1.48. The van der Waals surface area contributed by atoms with Crippen LogP contribution in [0.3, 0.4) is 0 Å². The van der Waals surface area contributed by atoms with Gasteiger partial charge in [0.2, 0.25) is 5.91 Å². The number of hydrogen-bond acceptors (Lipinski definition) is 3. The summed E-state index contributed by atoms with van der Waals surface area (Å²) in [6.45, 7) is 3.20. The second-order valence-electron chi connectivity index (χ2n) is 7.09. The molecule has 1 aromatic carbocycles. The van der Waals surface area contributed by atoms with Crippen LogP contribution in [-0.2, 0) is 9.63 Å². The van der Waals surface area contributed by atoms with Crippen molar-refractivity contribution in [2.45, 2.75) is 50.9 Å². The van der Waals surface area contributed by atoms with Gasteiger partial charge in [-0.25, -0.2) is 0 Å². The van der Waals surface area contributed by atoms with E-state index in [0.717, 1.165) is 26.1 Å². The summed E-state index contributed by atoms with van der Waals surface area (Å²) in [5, 5.41) is 5.12. The molecule has 1 unspecified atom stereocenters. The Hall–Kier alpha value is -1.39. The second-order valence-corrected chi connectivity index (χ2v) is 7.09. The predicted molar refractivity (Wildman–Crippen MR) is 95.5 cm³/mol. The molecule has 0 radical (unpaired) electrons. The Labute approximate surface area is 145 Å². The molecule has 0 spiro atoms. The molecule has 3 rings (SSSR count). The number of hydrogen-bond donors (Lipinski definition) is 1. The van der Waals surface area contributed by atoms with E-state index >= 15 is 0 Å². The Bertz CT molecular complexity index is 494. The molecular weight excluding hydrogens is 300 g/mol. The zero-order chi connectivity index (χ0) is 16.6. The third-order valence-electron chi connectivity index (χ3n) is 5.38. The van der Waals surface area contributed by atoms with Crippen LogP contribution in [0.25, 0.3) is 0 Å². The van der Waals surface area contributed by atoms with Crippen LogP contribution in [0, 0.1) is 5.92 Å². The lowest BCUT2D eigenvalue weighted by molar-refractivity contribution is -0.181. The first kappa shape index (κ1) is 17.4. The highest BCUT2D eigenvalue weighted by Gasteiger charge is 2.26. The van der Waals surface area contributed by atoms with E-state index in [0.29, 0.717) is 24.8 Å². The summed E-state index contributed by atoms with van der Waals surface area (Å²) < 4.78 is 0. The number of carbonyl (C=O) groups is 1. The molecule has 1 amide bonds. The molecule has 1 saturated heterocycles. The van der Waals surface area contributed by atoms with Crippen molar-refractivity contribution in [1.29, 1.82) is 0 Å². The molecule has 0 bridgehead atoms. The molecule has 2 fully saturated rings. The molecular formula is C20H30N2O2. The third kappa shape index (κ3) is 5.05. The monoisotopic (exact) mass is 330 g/mol. The molecule has 0 aromatic heterocycles. The van der Waals surface area contributed by atoms with Crippen molar-refractivity contribution in [1.82, 2.24) is 10.4 Å². The maximum atomic E-state index is 12.2. The topological polar surface area (TPSA) is 41.6 Å². The van der Waals surface area contributed by atoms with Gasteiger partial charge < -0.3 is 5.32 Å². The van der Waals surface area contributed by atoms with Gasteiger partial charge in [-0.15, -0.1) is 0 Å². The average Bonchev–Trinajstić information content (AvgIpc) is 3.16. The van der Waals surface area contributed by atoms with Gasteiger partial charge >= 0.3 is 0 Å². The fraction of sp³-hybridized carbons (Fsp3) is 0.650. The fourth-order valence-electron chi connectivity index (χ4n) is 3.98. The molecule has 24 heavy (non-hydrogen) atoms. The Kier molecular flexibility index (Phi) is 6.67. The fourth-order valence-corrected chi connectivity index (χ4v) is 3.98. The summed E-state index contributed by atoms with van der Waals surface area (Å²) in [7, 11) is 0. The SMILES string of the molecule is O=C(CCN1CCCCO1)NCC(c1ccccc1)C1CCCC1. The number of nitrogens with one attached hydrogen (secondary N) is 1. The largest absolute Gasteiger partial charge is 0.355 e. The van der Waals surface area contributed by atoms with Crippen LogP contribution in [0.4, 0.5) is 0 Å². The van der Waals surface area contributed by atoms with Crippen molar-refractivity contribution in [2.24, 2.45) is 5.92 Å². The highest BCUT2D eigenvalue weighted by molar-refractivity contribution is 5.76. The normalized spacial score (nSPS) is 20.8. The number of benzene rings is 1. The molecule has 1 saturated carbocycles. The van der Waals surface area contributed by atoms with Gasteiger partial charge in [0, 0.05) is 32.0 Å². The van der Waals surface area contributed by atoms with Crippen LogP contribution in [0.15, 0.2) is 30.3 Å². The summed E-state index contributed by atoms with van der Waals surface area (Å²) in [6.07, 6.45) is 8.05. The van der Waals surface area contributed by atoms with Crippen LogP contribution in [0.5, 0.6) is 0 Å². The number of hydroxylamine groups is 2. The molecule has 4 heteroatoms. The van der Waals surface area contributed by atoms with Gasteiger partial charge in [-0.2, -0.15) is 5.06 Å². The summed E-state index contributed by atoms with van der Waals surface area (Å²) in [5.74, 6) is 1.30. The maximum Gasteiger partial charge on any atom is 0.221 e. The third-order valence-corrected chi connectivity index (χ3v) is 5.38. The second kappa shape index (κ2) is 9.19. The molecule has 1 heterocycles. The van der Waals surface area contributed by atoms with Gasteiger partial charge in [-0.1, -0.05) is 43.2 Å². The average molecular weight is 330 g/mol. The number of rotatable bonds is 7. The van der Waals surface area contributed by atoms with E-state index in [1.807, 2.05) is 5.06 Å². The Morgan fingerprint density at radius 3 is 2.67 bits per heavy atom. The molecule has 1 atom stereocenters. The van der Waals surface area contributed by atoms with E-state index in [2.05, 4.69) is 35.6 Å². The smallest absolute Gasteiger partial charge is 0.221 e. The zero-order valence-corrected chi connectivity index (χ0v) is 14.6. The summed E-state index contributed by atoms with van der Waals surface area (Å²) >= 11 is 0. The number of carbonyl (C=O) groups excluding carboxylic acids is 1. The molecule has 132 valence electrons. The van der Waals surface area contributed by atoms with E-state index < -0.39 is 0 Å². The van der Waals surface area contributed by atoms with E-state index in [-0.39, 0.29) is 5.91 Å². The first-order chi connectivity index (χ1) is 11.8. The van der Waals surface area contributed by atoms with Crippen molar-refractivity contribution >= 4 is 5.91 Å². The van der Waals surface area contributed by atoms with Crippen molar-refractivity contribution in [3.05, 3.63) is 35.9 Å². The van der Waals surface area contributed by atoms with Gasteiger partial charge in [-0.05, 0) is 37.2 Å². The zero-order valence-electron chi connectivity index (χ0n) is 14.6. The van der Waals surface area contributed by atoms with Gasteiger partial charge in [-0.3, -0.25) is 9.63 Å². The molecule has 1 aliphatic heterocycles. The minimum absolute atomic E-state index is 0.142. The first-order valence-corrected chi connectivity index (χ1v) is 9.52. The quantitative estimate of drug-likeness (QED) is 0.832. The lowest BCUT2D eigenvalue weighted by Gasteiger charge is -2.26. The molecule has 1 aromatic rings. The summed E-state index contributed by atoms with van der Waals surface area (Å²) in [6, 6.07) is 10.7. The van der Waals surface area contributed by atoms with Gasteiger partial charge in [0.25, 0.3) is 0 Å². The minimum Gasteiger partial charge on any atom is -0.355 e. The van der Waals surface area contributed by atoms with E-state index in [4.69, 9.17) is 4.84 Å². The number of nitrogens with zero attached hydrogens (tertiary/aromatic N) is 1. The van der Waals surface area contributed by atoms with Crippen LogP contribution >= 0.6 is 0 Å². The molecule has 1 aliphatic carbocycles. The Morgan fingerprint density at radius 2 is 1.96 bits per heavy atom. The lowest BCUT2D eigenvalue weighted by Crippen LogP contribution is -2.36. The Morgan fingerprint density at radius 1 is 1.17 bits per heavy atom. The first-order valence-electron chi connectivity index (χ1n) is 9.52. The molecule has 1 N–H and O–H groups in total. The van der Waals surface area contributed by atoms with E-state index in [9.17, 15) is 4.79 Å². The van der Waals surface area contributed by atoms with Crippen molar-refractivity contribution in [3.63, 3.8) is 0 Å². The van der Waals surface area contributed by atoms with Gasteiger partial charge in [0.15, 0.2) is 0 Å². The van der Waals surface area contributed by atoms with Crippen LogP contribution in [0.1, 0.15) is 56.4 Å². The van der Waals surface area contributed by atoms with Gasteiger partial charge in [0.05, 0.1) is 6.61 Å². The molecule has 2 aliphatic rings. The minimum atomic E-state index is 0.142. The highest BCUT2D eigenvalue weighted by Crippen LogP contribution is 2.36. The van der Waals surface area contributed by atoms with Crippen molar-refractivity contribution in [3.8, 4) is 0 Å². The van der Waals surface area contributed by atoms with E-state index in [1.54, 1.807) is 0 Å². The van der Waals surface area contributed by atoms with Gasteiger partial charge in [0.1, 0.15) is 0 Å². The van der Waals surface area contributed by atoms with Crippen LogP contribution in [-0.4, -0.2) is 37.2 Å². The van der Waals surface area contributed by atoms with Crippen LogP contribution < -0.4 is 5.32 Å². The highest BCUT2D eigenvalue weighted by atomic mass is 16.7. The number of amides is 1. The summed E-state index contributed by atoms with van der Waals surface area (Å²) in [5.41, 5.74) is 1.36. The lowest BCUT2D eigenvalue weighted by atomic mass is 9.85. The maximum absolute atomic E-state index is 12.2. The predicted octanol–water partition coefficient (Wildman–Crippen LogP) is 3.49. The standard InChI is InChI=1S/C20H30N2O2/c23-20(12-14-22-13-6-7-15-24-22)21-16-19(18-10-4-5-11-18)17-8-2-1-3-9-17/h1-3,8-9,18-19H,4-7,10-16H2,(H,21,23). The van der Waals surface area contributed by atoms with E-state index in [1.165, 1.54) is 37.7 Å². The van der Waals surface area contributed by atoms with Crippen molar-refractivity contribution < 1.29 is 9.63 Å². The summed E-state index contributed by atoms with van der Waals surface area (Å²) in [4.78, 5) is 17.8.